The molecular weight excluding hydrogens is 492 g/mol. The third-order valence-corrected chi connectivity index (χ3v) is 7.27. The Hall–Kier alpha value is -4.37. The van der Waals surface area contributed by atoms with Crippen LogP contribution >= 0.6 is 11.3 Å². The van der Waals surface area contributed by atoms with Crippen LogP contribution in [0.4, 0.5) is 5.13 Å². The number of aliphatic hydroxyl groups excluding tert-OH is 1. The summed E-state index contributed by atoms with van der Waals surface area (Å²) in [7, 11) is 4.54. The molecule has 0 spiro atoms. The maximum Gasteiger partial charge on any atom is 0.301 e. The number of hydrogen-bond donors (Lipinski definition) is 1. The molecule has 1 N–H and O–H groups in total. The Morgan fingerprint density at radius 2 is 1.68 bits per heavy atom. The van der Waals surface area contributed by atoms with E-state index in [1.165, 1.54) is 30.5 Å². The fourth-order valence-corrected chi connectivity index (χ4v) is 5.47. The van der Waals surface area contributed by atoms with Crippen LogP contribution in [0.2, 0.25) is 0 Å². The zero-order valence-corrected chi connectivity index (χ0v) is 21.5. The molecule has 2 heterocycles. The molecule has 4 aromatic rings. The number of rotatable bonds is 6. The lowest BCUT2D eigenvalue weighted by Crippen LogP contribution is -2.29. The first kappa shape index (κ1) is 24.3. The number of hydrogen-bond acceptors (Lipinski definition) is 8. The van der Waals surface area contributed by atoms with Crippen LogP contribution in [-0.4, -0.2) is 43.1 Å². The molecule has 1 fully saturated rings. The molecule has 1 amide bonds. The van der Waals surface area contributed by atoms with Gasteiger partial charge in [0.1, 0.15) is 23.0 Å². The number of aliphatic hydroxyl groups is 1. The standard InChI is InChI=1S/C28H24N2O6S/c1-15-6-5-7-16(12-15)24-23(25(31)19-13-17(34-2)9-11-21(19)36-4)26(32)27(33)30(24)28-29-20-10-8-18(35-3)14-22(20)37-28/h5-14,24,31H,1-4H3/b25-23+. The highest BCUT2D eigenvalue weighted by Gasteiger charge is 2.48. The molecule has 0 saturated carbocycles. The maximum absolute atomic E-state index is 13.5. The van der Waals surface area contributed by atoms with Gasteiger partial charge >= 0.3 is 5.91 Å². The predicted octanol–water partition coefficient (Wildman–Crippen LogP) is 5.26. The van der Waals surface area contributed by atoms with Gasteiger partial charge in [0.2, 0.25) is 0 Å². The van der Waals surface area contributed by atoms with E-state index in [1.54, 1.807) is 37.4 Å². The highest BCUT2D eigenvalue weighted by Crippen LogP contribution is 2.45. The number of carbonyl (C=O) groups is 2. The highest BCUT2D eigenvalue weighted by molar-refractivity contribution is 7.22. The minimum absolute atomic E-state index is 0.0565. The molecule has 1 unspecified atom stereocenters. The van der Waals surface area contributed by atoms with Gasteiger partial charge < -0.3 is 19.3 Å². The van der Waals surface area contributed by atoms with Gasteiger partial charge in [-0.25, -0.2) is 4.98 Å². The molecular formula is C28H24N2O6S. The number of amides is 1. The summed E-state index contributed by atoms with van der Waals surface area (Å²) < 4.78 is 16.9. The molecule has 1 aliphatic heterocycles. The summed E-state index contributed by atoms with van der Waals surface area (Å²) in [4.78, 5) is 33.0. The summed E-state index contributed by atoms with van der Waals surface area (Å²) in [6, 6.07) is 16.9. The third kappa shape index (κ3) is 4.17. The number of carbonyl (C=O) groups excluding carboxylic acids is 2. The smallest absolute Gasteiger partial charge is 0.301 e. The van der Waals surface area contributed by atoms with Crippen LogP contribution in [-0.2, 0) is 9.59 Å². The Morgan fingerprint density at radius 3 is 2.38 bits per heavy atom. The van der Waals surface area contributed by atoms with Crippen molar-refractivity contribution in [3.05, 3.63) is 82.9 Å². The van der Waals surface area contributed by atoms with E-state index < -0.39 is 17.7 Å². The number of Topliss-reactive ketones (excluding diaryl/α,β-unsaturated/α-hetero) is 1. The first-order valence-corrected chi connectivity index (χ1v) is 12.2. The Balaban J connectivity index is 1.75. The van der Waals surface area contributed by atoms with Crippen molar-refractivity contribution in [1.82, 2.24) is 4.98 Å². The number of nitrogens with zero attached hydrogens (tertiary/aromatic N) is 2. The van der Waals surface area contributed by atoms with E-state index in [0.717, 1.165) is 10.3 Å². The van der Waals surface area contributed by atoms with E-state index in [1.807, 2.05) is 37.3 Å². The molecule has 37 heavy (non-hydrogen) atoms. The number of fused-ring (bicyclic) bond motifs is 1. The average molecular weight is 517 g/mol. The van der Waals surface area contributed by atoms with Crippen molar-refractivity contribution in [2.24, 2.45) is 0 Å². The Kier molecular flexibility index (Phi) is 6.31. The number of ether oxygens (including phenoxy) is 3. The second-order valence-electron chi connectivity index (χ2n) is 8.48. The van der Waals surface area contributed by atoms with Gasteiger partial charge in [-0.3, -0.25) is 14.5 Å². The van der Waals surface area contributed by atoms with E-state index in [2.05, 4.69) is 4.98 Å². The number of thiazole rings is 1. The molecule has 9 heteroatoms. The first-order valence-electron chi connectivity index (χ1n) is 11.4. The molecule has 1 aromatic heterocycles. The van der Waals surface area contributed by atoms with Crippen molar-refractivity contribution in [2.75, 3.05) is 26.2 Å². The lowest BCUT2D eigenvalue weighted by atomic mass is 9.94. The number of benzene rings is 3. The van der Waals surface area contributed by atoms with E-state index in [4.69, 9.17) is 14.2 Å². The molecule has 0 radical (unpaired) electrons. The van der Waals surface area contributed by atoms with Crippen molar-refractivity contribution < 1.29 is 28.9 Å². The van der Waals surface area contributed by atoms with Crippen molar-refractivity contribution in [2.45, 2.75) is 13.0 Å². The van der Waals surface area contributed by atoms with Gasteiger partial charge in [0.15, 0.2) is 5.13 Å². The van der Waals surface area contributed by atoms with Gasteiger partial charge in [-0.05, 0) is 48.9 Å². The molecule has 0 bridgehead atoms. The fourth-order valence-electron chi connectivity index (χ4n) is 4.45. The normalized spacial score (nSPS) is 16.9. The van der Waals surface area contributed by atoms with Gasteiger partial charge in [0.05, 0.1) is 48.7 Å². The van der Waals surface area contributed by atoms with Crippen molar-refractivity contribution in [3.63, 3.8) is 0 Å². The van der Waals surface area contributed by atoms with E-state index in [-0.39, 0.29) is 16.9 Å². The molecule has 1 saturated heterocycles. The Labute approximate surface area is 217 Å². The van der Waals surface area contributed by atoms with Crippen LogP contribution < -0.4 is 19.1 Å². The maximum atomic E-state index is 13.5. The van der Waals surface area contributed by atoms with Crippen LogP contribution in [0.15, 0.2) is 66.2 Å². The lowest BCUT2D eigenvalue weighted by Gasteiger charge is -2.23. The summed E-state index contributed by atoms with van der Waals surface area (Å²) in [6.07, 6.45) is 0. The fraction of sp³-hybridized carbons (Fsp3) is 0.179. The minimum Gasteiger partial charge on any atom is -0.507 e. The average Bonchev–Trinajstić information content (AvgIpc) is 3.45. The van der Waals surface area contributed by atoms with Crippen LogP contribution in [0, 0.1) is 6.92 Å². The first-order chi connectivity index (χ1) is 17.9. The molecule has 0 aliphatic carbocycles. The summed E-state index contributed by atoms with van der Waals surface area (Å²) in [5, 5.41) is 11.9. The number of anilines is 1. The Bertz CT molecular complexity index is 1570. The second-order valence-corrected chi connectivity index (χ2v) is 9.49. The van der Waals surface area contributed by atoms with Gasteiger partial charge in [-0.1, -0.05) is 41.2 Å². The lowest BCUT2D eigenvalue weighted by molar-refractivity contribution is -0.132. The quantitative estimate of drug-likeness (QED) is 0.212. The number of aryl methyl sites for hydroxylation is 1. The summed E-state index contributed by atoms with van der Waals surface area (Å²) in [5.41, 5.74) is 2.46. The second kappa shape index (κ2) is 9.59. The summed E-state index contributed by atoms with van der Waals surface area (Å²) in [5.74, 6) is -0.494. The summed E-state index contributed by atoms with van der Waals surface area (Å²) in [6.45, 7) is 1.92. The minimum atomic E-state index is -0.904. The number of methoxy groups -OCH3 is 3. The molecule has 1 aliphatic rings. The SMILES string of the molecule is COc1ccc(OC)c(/C(O)=C2\C(=O)C(=O)N(c3nc4ccc(OC)cc4s3)C2c2cccc(C)c2)c1. The van der Waals surface area contributed by atoms with Crippen molar-refractivity contribution in [1.29, 1.82) is 0 Å². The number of aromatic nitrogens is 1. The van der Waals surface area contributed by atoms with Gasteiger partial charge in [0, 0.05) is 0 Å². The summed E-state index contributed by atoms with van der Waals surface area (Å²) >= 11 is 1.27. The van der Waals surface area contributed by atoms with E-state index in [9.17, 15) is 14.7 Å². The molecule has 8 nitrogen and oxygen atoms in total. The third-order valence-electron chi connectivity index (χ3n) is 6.25. The number of ketones is 1. The van der Waals surface area contributed by atoms with Gasteiger partial charge in [-0.15, -0.1) is 0 Å². The van der Waals surface area contributed by atoms with Crippen LogP contribution in [0.5, 0.6) is 17.2 Å². The molecule has 1 atom stereocenters. The zero-order chi connectivity index (χ0) is 26.3. The van der Waals surface area contributed by atoms with Crippen LogP contribution in [0.1, 0.15) is 22.7 Å². The monoisotopic (exact) mass is 516 g/mol. The molecule has 5 rings (SSSR count). The zero-order valence-electron chi connectivity index (χ0n) is 20.6. The van der Waals surface area contributed by atoms with Gasteiger partial charge in [-0.2, -0.15) is 0 Å². The van der Waals surface area contributed by atoms with Crippen molar-refractivity contribution in [3.8, 4) is 17.2 Å². The van der Waals surface area contributed by atoms with Gasteiger partial charge in [0.25, 0.3) is 5.78 Å². The highest BCUT2D eigenvalue weighted by atomic mass is 32.1. The van der Waals surface area contributed by atoms with E-state index >= 15 is 0 Å². The van der Waals surface area contributed by atoms with Crippen LogP contribution in [0.3, 0.4) is 0 Å². The molecule has 188 valence electrons. The van der Waals surface area contributed by atoms with E-state index in [0.29, 0.717) is 33.5 Å². The van der Waals surface area contributed by atoms with Crippen molar-refractivity contribution >= 4 is 44.1 Å². The topological polar surface area (TPSA) is 98.2 Å². The largest absolute Gasteiger partial charge is 0.507 e. The molecule has 3 aromatic carbocycles. The van der Waals surface area contributed by atoms with Crippen LogP contribution in [0.25, 0.3) is 16.0 Å². The predicted molar refractivity (Wildman–Crippen MR) is 142 cm³/mol. The Morgan fingerprint density at radius 1 is 0.946 bits per heavy atom.